The van der Waals surface area contributed by atoms with Crippen molar-refractivity contribution in [1.29, 1.82) is 0 Å². The zero-order chi connectivity index (χ0) is 13.1. The quantitative estimate of drug-likeness (QED) is 0.829. The molecule has 1 N–H and O–H groups in total. The molecule has 4 unspecified atom stereocenters. The van der Waals surface area contributed by atoms with Crippen LogP contribution in [0.5, 0.6) is 0 Å². The normalized spacial score (nSPS) is 39.2. The first kappa shape index (κ1) is 14.3. The summed E-state index contributed by atoms with van der Waals surface area (Å²) in [5, 5.41) is 3.72. The van der Waals surface area contributed by atoms with Crippen molar-refractivity contribution in [3.63, 3.8) is 0 Å². The van der Waals surface area contributed by atoms with Crippen LogP contribution in [0.1, 0.15) is 59.8 Å². The molecule has 0 spiro atoms. The van der Waals surface area contributed by atoms with E-state index in [4.69, 9.17) is 0 Å². The van der Waals surface area contributed by atoms with Gasteiger partial charge < -0.3 is 5.32 Å². The Morgan fingerprint density at radius 1 is 1.28 bits per heavy atom. The molecule has 2 nitrogen and oxygen atoms in total. The highest BCUT2D eigenvalue weighted by Crippen LogP contribution is 2.31. The van der Waals surface area contributed by atoms with E-state index < -0.39 is 0 Å². The van der Waals surface area contributed by atoms with E-state index in [-0.39, 0.29) is 0 Å². The van der Waals surface area contributed by atoms with Crippen molar-refractivity contribution in [2.24, 2.45) is 11.8 Å². The van der Waals surface area contributed by atoms with Gasteiger partial charge in [0.05, 0.1) is 0 Å². The van der Waals surface area contributed by atoms with Crippen molar-refractivity contribution in [2.75, 3.05) is 13.1 Å². The molecule has 2 fully saturated rings. The molecule has 1 aliphatic carbocycles. The van der Waals surface area contributed by atoms with Gasteiger partial charge in [-0.25, -0.2) is 0 Å². The van der Waals surface area contributed by atoms with Crippen LogP contribution in [0.15, 0.2) is 0 Å². The molecular formula is C16H32N2. The van der Waals surface area contributed by atoms with Crippen LogP contribution in [0.25, 0.3) is 0 Å². The van der Waals surface area contributed by atoms with Crippen LogP contribution in [0.3, 0.4) is 0 Å². The molecule has 18 heavy (non-hydrogen) atoms. The Bertz CT molecular complexity index is 251. The monoisotopic (exact) mass is 252 g/mol. The maximum Gasteiger partial charge on any atom is 0.0218 e. The molecule has 1 aliphatic heterocycles. The van der Waals surface area contributed by atoms with Crippen LogP contribution in [0, 0.1) is 11.8 Å². The lowest BCUT2D eigenvalue weighted by Gasteiger charge is -2.47. The van der Waals surface area contributed by atoms with Crippen molar-refractivity contribution in [2.45, 2.75) is 77.9 Å². The number of hydrogen-bond donors (Lipinski definition) is 1. The summed E-state index contributed by atoms with van der Waals surface area (Å²) >= 11 is 0. The minimum Gasteiger partial charge on any atom is -0.311 e. The van der Waals surface area contributed by atoms with E-state index in [9.17, 15) is 0 Å². The average Bonchev–Trinajstić information content (AvgIpc) is 2.39. The molecular weight excluding hydrogens is 220 g/mol. The molecule has 0 amide bonds. The second-order valence-electron chi connectivity index (χ2n) is 6.90. The fourth-order valence-corrected chi connectivity index (χ4v) is 3.80. The van der Waals surface area contributed by atoms with Crippen LogP contribution in [0.2, 0.25) is 0 Å². The zero-order valence-electron chi connectivity index (χ0n) is 12.8. The molecule has 2 rings (SSSR count). The van der Waals surface area contributed by atoms with Crippen LogP contribution in [-0.2, 0) is 0 Å². The summed E-state index contributed by atoms with van der Waals surface area (Å²) in [4.78, 5) is 2.82. The van der Waals surface area contributed by atoms with Crippen molar-refractivity contribution in [3.05, 3.63) is 0 Å². The third-order valence-corrected chi connectivity index (χ3v) is 5.26. The van der Waals surface area contributed by atoms with Crippen molar-refractivity contribution in [1.82, 2.24) is 10.2 Å². The summed E-state index contributed by atoms with van der Waals surface area (Å²) in [6.45, 7) is 11.9. The molecule has 4 atom stereocenters. The van der Waals surface area contributed by atoms with E-state index >= 15 is 0 Å². The fourth-order valence-electron chi connectivity index (χ4n) is 3.80. The van der Waals surface area contributed by atoms with Gasteiger partial charge in [0.25, 0.3) is 0 Å². The van der Waals surface area contributed by atoms with E-state index in [0.29, 0.717) is 6.04 Å². The predicted octanol–water partition coefficient (Wildman–Crippen LogP) is 3.27. The maximum absolute atomic E-state index is 3.72. The van der Waals surface area contributed by atoms with Gasteiger partial charge >= 0.3 is 0 Å². The molecule has 0 radical (unpaired) electrons. The minimum atomic E-state index is 0.697. The van der Waals surface area contributed by atoms with Crippen molar-refractivity contribution >= 4 is 0 Å². The van der Waals surface area contributed by atoms with Crippen LogP contribution < -0.4 is 5.32 Å². The summed E-state index contributed by atoms with van der Waals surface area (Å²) in [6.07, 6.45) is 7.19. The first-order chi connectivity index (χ1) is 8.61. The highest BCUT2D eigenvalue weighted by molar-refractivity contribution is 4.91. The van der Waals surface area contributed by atoms with Gasteiger partial charge in [-0.05, 0) is 31.6 Å². The van der Waals surface area contributed by atoms with Gasteiger partial charge in [-0.15, -0.1) is 0 Å². The SMILES string of the molecule is CCC1CCCC(N2CC(C(C)C)NCC2C)C1. The Kier molecular flexibility index (Phi) is 5.08. The van der Waals surface area contributed by atoms with Crippen LogP contribution in [0.4, 0.5) is 0 Å². The van der Waals surface area contributed by atoms with Crippen molar-refractivity contribution in [3.8, 4) is 0 Å². The van der Waals surface area contributed by atoms with Gasteiger partial charge in [-0.1, -0.05) is 40.0 Å². The lowest BCUT2D eigenvalue weighted by Crippen LogP contribution is -2.60. The number of nitrogens with zero attached hydrogens (tertiary/aromatic N) is 1. The summed E-state index contributed by atoms with van der Waals surface area (Å²) in [5.74, 6) is 1.74. The molecule has 1 heterocycles. The lowest BCUT2D eigenvalue weighted by atomic mass is 9.82. The predicted molar refractivity (Wildman–Crippen MR) is 78.8 cm³/mol. The number of piperazine rings is 1. The first-order valence-corrected chi connectivity index (χ1v) is 8.11. The van der Waals surface area contributed by atoms with Gasteiger partial charge in [0.2, 0.25) is 0 Å². The minimum absolute atomic E-state index is 0.697. The Morgan fingerprint density at radius 3 is 2.72 bits per heavy atom. The van der Waals surface area contributed by atoms with Gasteiger partial charge in [-0.3, -0.25) is 4.90 Å². The smallest absolute Gasteiger partial charge is 0.0218 e. The maximum atomic E-state index is 3.72. The van der Waals surface area contributed by atoms with E-state index in [1.165, 1.54) is 45.2 Å². The topological polar surface area (TPSA) is 15.3 Å². The van der Waals surface area contributed by atoms with Crippen LogP contribution >= 0.6 is 0 Å². The third kappa shape index (κ3) is 3.27. The molecule has 1 saturated carbocycles. The Morgan fingerprint density at radius 2 is 2.06 bits per heavy atom. The van der Waals surface area contributed by atoms with Gasteiger partial charge in [-0.2, -0.15) is 0 Å². The zero-order valence-corrected chi connectivity index (χ0v) is 12.8. The van der Waals surface area contributed by atoms with Crippen molar-refractivity contribution < 1.29 is 0 Å². The molecule has 0 bridgehead atoms. The van der Waals surface area contributed by atoms with E-state index in [0.717, 1.165) is 23.9 Å². The summed E-state index contributed by atoms with van der Waals surface area (Å²) in [6, 6.07) is 2.28. The van der Waals surface area contributed by atoms with E-state index in [1.807, 2.05) is 0 Å². The number of nitrogens with one attached hydrogen (secondary N) is 1. The summed E-state index contributed by atoms with van der Waals surface area (Å²) in [5.41, 5.74) is 0. The second-order valence-corrected chi connectivity index (χ2v) is 6.90. The van der Waals surface area contributed by atoms with Gasteiger partial charge in [0.1, 0.15) is 0 Å². The molecule has 0 aromatic rings. The lowest BCUT2D eigenvalue weighted by molar-refractivity contribution is 0.0470. The fraction of sp³-hybridized carbons (Fsp3) is 1.00. The van der Waals surface area contributed by atoms with Crippen LogP contribution in [-0.4, -0.2) is 36.1 Å². The molecule has 2 heteroatoms. The van der Waals surface area contributed by atoms with Gasteiger partial charge in [0, 0.05) is 31.2 Å². The highest BCUT2D eigenvalue weighted by Gasteiger charge is 2.33. The largest absolute Gasteiger partial charge is 0.311 e. The molecule has 2 aliphatic rings. The molecule has 0 aromatic heterocycles. The van der Waals surface area contributed by atoms with Gasteiger partial charge in [0.15, 0.2) is 0 Å². The Labute approximate surface area is 114 Å². The number of rotatable bonds is 3. The molecule has 106 valence electrons. The summed E-state index contributed by atoms with van der Waals surface area (Å²) < 4.78 is 0. The van der Waals surface area contributed by atoms with E-state index in [2.05, 4.69) is 37.9 Å². The summed E-state index contributed by atoms with van der Waals surface area (Å²) in [7, 11) is 0. The highest BCUT2D eigenvalue weighted by atomic mass is 15.3. The molecule has 0 aromatic carbocycles. The average molecular weight is 252 g/mol. The Hall–Kier alpha value is -0.0800. The third-order valence-electron chi connectivity index (χ3n) is 5.26. The molecule has 1 saturated heterocycles. The first-order valence-electron chi connectivity index (χ1n) is 8.11. The standard InChI is InChI=1S/C16H32N2/c1-5-14-7-6-8-15(9-14)18-11-16(12(2)3)17-10-13(18)4/h12-17H,5-11H2,1-4H3. The second kappa shape index (κ2) is 6.38. The van der Waals surface area contributed by atoms with E-state index in [1.54, 1.807) is 0 Å². The number of hydrogen-bond acceptors (Lipinski definition) is 2. The Balaban J connectivity index is 1.96.